The summed E-state index contributed by atoms with van der Waals surface area (Å²) in [6.45, 7) is 2.87. The second-order valence-electron chi connectivity index (χ2n) is 4.36. The smallest absolute Gasteiger partial charge is 0.330 e. The van der Waals surface area contributed by atoms with Crippen LogP contribution < -0.4 is 5.73 Å². The fourth-order valence-corrected chi connectivity index (χ4v) is 1.42. The maximum absolute atomic E-state index is 12.7. The second-order valence-corrected chi connectivity index (χ2v) is 4.36. The van der Waals surface area contributed by atoms with Gasteiger partial charge in [0.2, 0.25) is 0 Å². The molecule has 0 spiro atoms. The van der Waals surface area contributed by atoms with Crippen LogP contribution in [0.3, 0.4) is 0 Å². The molecule has 0 saturated heterocycles. The molecule has 1 nitrogen and oxygen atoms in total. The monoisotopic (exact) mass is 231 g/mol. The number of rotatable bonds is 3. The van der Waals surface area contributed by atoms with Crippen molar-refractivity contribution in [2.45, 2.75) is 31.9 Å². The Balaban J connectivity index is 2.97. The summed E-state index contributed by atoms with van der Waals surface area (Å²) in [7, 11) is 0. The van der Waals surface area contributed by atoms with Gasteiger partial charge in [0.25, 0.3) is 0 Å². The molecular weight excluding hydrogens is 215 g/mol. The molecule has 2 N–H and O–H groups in total. The summed E-state index contributed by atoms with van der Waals surface area (Å²) in [6.07, 6.45) is -3.55. The lowest BCUT2D eigenvalue weighted by Crippen LogP contribution is -2.36. The van der Waals surface area contributed by atoms with Crippen molar-refractivity contribution in [1.82, 2.24) is 0 Å². The molecule has 0 bridgehead atoms. The van der Waals surface area contributed by atoms with E-state index in [0.29, 0.717) is 13.0 Å². The van der Waals surface area contributed by atoms with Crippen LogP contribution in [0.1, 0.15) is 25.0 Å². The molecule has 1 rings (SSSR count). The lowest BCUT2D eigenvalue weighted by Gasteiger charge is -2.28. The number of halogens is 3. The number of benzene rings is 1. The maximum Gasteiger partial charge on any atom is 0.397 e. The van der Waals surface area contributed by atoms with Gasteiger partial charge >= 0.3 is 6.18 Å². The Kier molecular flexibility index (Phi) is 3.63. The molecule has 1 aromatic carbocycles. The molecule has 0 radical (unpaired) electrons. The topological polar surface area (TPSA) is 26.0 Å². The first kappa shape index (κ1) is 13.0. The molecule has 0 saturated carbocycles. The van der Waals surface area contributed by atoms with Crippen LogP contribution in [0.15, 0.2) is 24.3 Å². The number of nitrogens with two attached hydrogens (primary N) is 1. The molecule has 0 aromatic heterocycles. The van der Waals surface area contributed by atoms with E-state index < -0.39 is 11.6 Å². The first-order valence-corrected chi connectivity index (χ1v) is 5.15. The molecule has 0 amide bonds. The average Bonchev–Trinajstić information content (AvgIpc) is 2.17. The van der Waals surface area contributed by atoms with Gasteiger partial charge in [-0.2, -0.15) is 13.2 Å². The fraction of sp³-hybridized carbons (Fsp3) is 0.500. The third-order valence-electron chi connectivity index (χ3n) is 2.82. The van der Waals surface area contributed by atoms with E-state index in [1.165, 1.54) is 26.0 Å². The van der Waals surface area contributed by atoms with Gasteiger partial charge in [-0.1, -0.05) is 24.3 Å². The first-order valence-electron chi connectivity index (χ1n) is 5.15. The third kappa shape index (κ3) is 2.55. The normalized spacial score (nSPS) is 12.9. The van der Waals surface area contributed by atoms with Gasteiger partial charge in [-0.05, 0) is 37.9 Å². The van der Waals surface area contributed by atoms with Crippen LogP contribution in [0.2, 0.25) is 0 Å². The van der Waals surface area contributed by atoms with E-state index in [-0.39, 0.29) is 5.56 Å². The lowest BCUT2D eigenvalue weighted by atomic mass is 9.83. The van der Waals surface area contributed by atoms with Crippen molar-refractivity contribution in [1.29, 1.82) is 0 Å². The Labute approximate surface area is 93.5 Å². The zero-order valence-corrected chi connectivity index (χ0v) is 9.43. The van der Waals surface area contributed by atoms with Gasteiger partial charge in [0, 0.05) is 0 Å². The van der Waals surface area contributed by atoms with E-state index in [1.54, 1.807) is 12.1 Å². The predicted octanol–water partition coefficient (Wildman–Crippen LogP) is 3.03. The molecule has 0 heterocycles. The molecule has 4 heteroatoms. The van der Waals surface area contributed by atoms with Gasteiger partial charge in [-0.3, -0.25) is 0 Å². The van der Waals surface area contributed by atoms with Crippen LogP contribution in [-0.2, 0) is 11.8 Å². The summed E-state index contributed by atoms with van der Waals surface area (Å²) in [4.78, 5) is 0. The van der Waals surface area contributed by atoms with Crippen LogP contribution in [0.4, 0.5) is 13.2 Å². The van der Waals surface area contributed by atoms with E-state index in [9.17, 15) is 13.2 Å². The zero-order valence-electron chi connectivity index (χ0n) is 9.43. The fourth-order valence-electron chi connectivity index (χ4n) is 1.42. The third-order valence-corrected chi connectivity index (χ3v) is 2.82. The summed E-state index contributed by atoms with van der Waals surface area (Å²) >= 11 is 0. The largest absolute Gasteiger partial charge is 0.397 e. The van der Waals surface area contributed by atoms with E-state index in [4.69, 9.17) is 5.73 Å². The van der Waals surface area contributed by atoms with E-state index in [2.05, 4.69) is 0 Å². The Bertz CT molecular complexity index is 338. The summed E-state index contributed by atoms with van der Waals surface area (Å²) in [5.74, 6) is 0. The highest BCUT2D eigenvalue weighted by molar-refractivity contribution is 5.29. The summed E-state index contributed by atoms with van der Waals surface area (Å²) in [5, 5.41) is 0. The highest BCUT2D eigenvalue weighted by atomic mass is 19.4. The molecule has 0 aliphatic carbocycles. The van der Waals surface area contributed by atoms with Crippen molar-refractivity contribution in [3.05, 3.63) is 35.4 Å². The minimum atomic E-state index is -4.23. The van der Waals surface area contributed by atoms with Crippen molar-refractivity contribution in [2.75, 3.05) is 6.54 Å². The van der Waals surface area contributed by atoms with Crippen LogP contribution in [0.25, 0.3) is 0 Å². The standard InChI is InChI=1S/C12H16F3N/c1-11(2,12(13,14)15)10-5-3-9(4-6-10)7-8-16/h3-6H,7-8,16H2,1-2H3. The van der Waals surface area contributed by atoms with E-state index in [0.717, 1.165) is 5.56 Å². The van der Waals surface area contributed by atoms with Gasteiger partial charge in [0.05, 0.1) is 5.41 Å². The number of hydrogen-bond acceptors (Lipinski definition) is 1. The van der Waals surface area contributed by atoms with Gasteiger partial charge in [-0.25, -0.2) is 0 Å². The minimum Gasteiger partial charge on any atom is -0.330 e. The molecule has 0 aliphatic rings. The Morgan fingerprint density at radius 2 is 1.56 bits per heavy atom. The van der Waals surface area contributed by atoms with Gasteiger partial charge in [0.15, 0.2) is 0 Å². The molecule has 0 aliphatic heterocycles. The minimum absolute atomic E-state index is 0.278. The van der Waals surface area contributed by atoms with Gasteiger partial charge < -0.3 is 5.73 Å². The Morgan fingerprint density at radius 1 is 1.06 bits per heavy atom. The maximum atomic E-state index is 12.7. The summed E-state index contributed by atoms with van der Waals surface area (Å²) in [5.41, 5.74) is 4.80. The quantitative estimate of drug-likeness (QED) is 0.850. The first-order chi connectivity index (χ1) is 7.29. The van der Waals surface area contributed by atoms with Crippen molar-refractivity contribution in [3.8, 4) is 0 Å². The highest BCUT2D eigenvalue weighted by Crippen LogP contribution is 2.40. The summed E-state index contributed by atoms with van der Waals surface area (Å²) < 4.78 is 38.2. The van der Waals surface area contributed by atoms with Gasteiger partial charge in [-0.15, -0.1) is 0 Å². The average molecular weight is 231 g/mol. The van der Waals surface area contributed by atoms with Gasteiger partial charge in [0.1, 0.15) is 0 Å². The van der Waals surface area contributed by atoms with Crippen molar-refractivity contribution < 1.29 is 13.2 Å². The van der Waals surface area contributed by atoms with Crippen molar-refractivity contribution in [3.63, 3.8) is 0 Å². The molecule has 90 valence electrons. The molecule has 0 fully saturated rings. The Morgan fingerprint density at radius 3 is 1.94 bits per heavy atom. The van der Waals surface area contributed by atoms with Crippen LogP contribution in [-0.4, -0.2) is 12.7 Å². The molecule has 1 aromatic rings. The lowest BCUT2D eigenvalue weighted by molar-refractivity contribution is -0.180. The van der Waals surface area contributed by atoms with Crippen LogP contribution >= 0.6 is 0 Å². The molecular formula is C12H16F3N. The Hall–Kier alpha value is -1.03. The highest BCUT2D eigenvalue weighted by Gasteiger charge is 2.48. The zero-order chi connectivity index (χ0) is 12.4. The number of alkyl halides is 3. The van der Waals surface area contributed by atoms with Crippen molar-refractivity contribution >= 4 is 0 Å². The van der Waals surface area contributed by atoms with Crippen molar-refractivity contribution in [2.24, 2.45) is 5.73 Å². The van der Waals surface area contributed by atoms with Crippen LogP contribution in [0.5, 0.6) is 0 Å². The summed E-state index contributed by atoms with van der Waals surface area (Å²) in [6, 6.07) is 6.46. The van der Waals surface area contributed by atoms with Crippen LogP contribution in [0, 0.1) is 0 Å². The molecule has 16 heavy (non-hydrogen) atoms. The molecule has 0 unspecified atom stereocenters. The predicted molar refractivity (Wildman–Crippen MR) is 58.3 cm³/mol. The van der Waals surface area contributed by atoms with E-state index >= 15 is 0 Å². The van der Waals surface area contributed by atoms with E-state index in [1.807, 2.05) is 0 Å². The SMILES string of the molecule is CC(C)(c1ccc(CCN)cc1)C(F)(F)F. The second kappa shape index (κ2) is 4.45. The number of hydrogen-bond donors (Lipinski definition) is 1. The molecule has 0 atom stereocenters.